The number of thiophene rings is 1. The van der Waals surface area contributed by atoms with Gasteiger partial charge in [0.15, 0.2) is 0 Å². The summed E-state index contributed by atoms with van der Waals surface area (Å²) in [6, 6.07) is 10.9. The van der Waals surface area contributed by atoms with Gasteiger partial charge in [0.2, 0.25) is 11.8 Å². The topological polar surface area (TPSA) is 49.4 Å². The molecule has 0 spiro atoms. The van der Waals surface area contributed by atoms with Crippen molar-refractivity contribution in [3.8, 4) is 0 Å². The van der Waals surface area contributed by atoms with E-state index in [4.69, 9.17) is 0 Å². The van der Waals surface area contributed by atoms with Gasteiger partial charge >= 0.3 is 0 Å². The molecule has 0 aliphatic carbocycles. The summed E-state index contributed by atoms with van der Waals surface area (Å²) in [7, 11) is 0. The van der Waals surface area contributed by atoms with Crippen LogP contribution >= 0.6 is 11.3 Å². The maximum Gasteiger partial charge on any atom is 0.222 e. The van der Waals surface area contributed by atoms with Crippen molar-refractivity contribution in [1.82, 2.24) is 10.2 Å². The molecule has 6 heteroatoms. The van der Waals surface area contributed by atoms with Gasteiger partial charge in [0.05, 0.1) is 0 Å². The Bertz CT molecular complexity index is 854. The molecule has 0 saturated carbocycles. The van der Waals surface area contributed by atoms with E-state index in [-0.39, 0.29) is 29.1 Å². The van der Waals surface area contributed by atoms with Crippen LogP contribution in [0.5, 0.6) is 0 Å². The fourth-order valence-electron chi connectivity index (χ4n) is 4.48. The van der Waals surface area contributed by atoms with E-state index in [1.54, 1.807) is 17.4 Å². The van der Waals surface area contributed by atoms with Gasteiger partial charge < -0.3 is 10.2 Å². The number of hydrogen-bond donors (Lipinski definition) is 1. The molecule has 0 radical (unpaired) electrons. The van der Waals surface area contributed by atoms with Crippen molar-refractivity contribution >= 4 is 23.2 Å². The molecule has 2 aromatic rings. The summed E-state index contributed by atoms with van der Waals surface area (Å²) in [5.41, 5.74) is 0.387. The summed E-state index contributed by atoms with van der Waals surface area (Å²) in [6.07, 6.45) is 3.94. The summed E-state index contributed by atoms with van der Waals surface area (Å²) < 4.78 is 14.0. The van der Waals surface area contributed by atoms with Crippen LogP contribution in [0.1, 0.15) is 48.5 Å². The molecule has 2 atom stereocenters. The number of nitrogens with one attached hydrogen (secondary N) is 1. The van der Waals surface area contributed by atoms with Gasteiger partial charge in [-0.25, -0.2) is 4.39 Å². The fourth-order valence-corrected chi connectivity index (χ4v) is 5.33. The van der Waals surface area contributed by atoms with E-state index in [9.17, 15) is 14.0 Å². The predicted molar refractivity (Wildman–Crippen MR) is 108 cm³/mol. The molecular weight excluding hydrogens is 375 g/mol. The van der Waals surface area contributed by atoms with Crippen molar-refractivity contribution in [3.05, 3.63) is 58.0 Å². The molecule has 2 saturated heterocycles. The van der Waals surface area contributed by atoms with Crippen molar-refractivity contribution in [2.24, 2.45) is 0 Å². The Balaban J connectivity index is 1.36. The van der Waals surface area contributed by atoms with Gasteiger partial charge in [-0.15, -0.1) is 11.3 Å². The predicted octanol–water partition coefficient (Wildman–Crippen LogP) is 3.87. The van der Waals surface area contributed by atoms with E-state index in [2.05, 4.69) is 11.4 Å². The Kier molecular flexibility index (Phi) is 5.49. The zero-order valence-electron chi connectivity index (χ0n) is 15.8. The first-order valence-electron chi connectivity index (χ1n) is 9.90. The van der Waals surface area contributed by atoms with E-state index in [1.165, 1.54) is 10.9 Å². The average Bonchev–Trinajstić information content (AvgIpc) is 3.43. The lowest BCUT2D eigenvalue weighted by Gasteiger charge is -2.29. The van der Waals surface area contributed by atoms with E-state index >= 15 is 0 Å². The molecule has 2 amide bonds. The number of benzene rings is 1. The van der Waals surface area contributed by atoms with Crippen LogP contribution in [-0.4, -0.2) is 35.3 Å². The number of rotatable bonds is 6. The number of likely N-dealkylation sites (tertiary alicyclic amines) is 1. The highest BCUT2D eigenvalue weighted by molar-refractivity contribution is 7.09. The molecule has 1 aromatic heterocycles. The maximum absolute atomic E-state index is 14.0. The highest BCUT2D eigenvalue weighted by atomic mass is 32.1. The summed E-state index contributed by atoms with van der Waals surface area (Å²) in [4.78, 5) is 27.8. The van der Waals surface area contributed by atoms with Gasteiger partial charge in [-0.3, -0.25) is 9.59 Å². The van der Waals surface area contributed by atoms with Gasteiger partial charge in [-0.05, 0) is 42.3 Å². The number of halogens is 1. The molecule has 4 nitrogen and oxygen atoms in total. The SMILES string of the molecule is O=C1CC[C@@](CCC(=O)N2CC[C@H](c3ccccc3F)C2)(Cc2cccs2)N1. The van der Waals surface area contributed by atoms with Gasteiger partial charge in [0.1, 0.15) is 5.82 Å². The second-order valence-corrected chi connectivity index (χ2v) is 8.96. The molecular formula is C22H25FN2O2S. The first kappa shape index (κ1) is 19.1. The highest BCUT2D eigenvalue weighted by Gasteiger charge is 2.39. The van der Waals surface area contributed by atoms with Gasteiger partial charge in [-0.2, -0.15) is 0 Å². The molecule has 0 unspecified atom stereocenters. The van der Waals surface area contributed by atoms with Crippen molar-refractivity contribution in [2.75, 3.05) is 13.1 Å². The number of hydrogen-bond acceptors (Lipinski definition) is 3. The number of nitrogens with zero attached hydrogens (tertiary/aromatic N) is 1. The average molecular weight is 401 g/mol. The lowest BCUT2D eigenvalue weighted by Crippen LogP contribution is -2.44. The molecule has 4 rings (SSSR count). The minimum absolute atomic E-state index is 0.0661. The summed E-state index contributed by atoms with van der Waals surface area (Å²) in [5.74, 6) is 0.0529. The standard InChI is InChI=1S/C22H25FN2O2S/c23-19-6-2-1-5-18(19)16-9-12-25(15-16)21(27)8-11-22(10-7-20(26)24-22)14-17-4-3-13-28-17/h1-6,13,16H,7-12,14-15H2,(H,24,26)/t16-,22+/m0/s1. The second-order valence-electron chi connectivity index (χ2n) is 7.93. The first-order valence-corrected chi connectivity index (χ1v) is 10.8. The summed E-state index contributed by atoms with van der Waals surface area (Å²) in [5, 5.41) is 5.18. The zero-order valence-corrected chi connectivity index (χ0v) is 16.6. The van der Waals surface area contributed by atoms with E-state index < -0.39 is 0 Å². The zero-order chi connectivity index (χ0) is 19.6. The van der Waals surface area contributed by atoms with Crippen molar-refractivity contribution in [3.63, 3.8) is 0 Å². The van der Waals surface area contributed by atoms with Crippen LogP contribution in [0.25, 0.3) is 0 Å². The molecule has 0 bridgehead atoms. The van der Waals surface area contributed by atoms with Crippen molar-refractivity contribution in [1.29, 1.82) is 0 Å². The van der Waals surface area contributed by atoms with Crippen LogP contribution in [0.2, 0.25) is 0 Å². The monoisotopic (exact) mass is 400 g/mol. The van der Waals surface area contributed by atoms with Crippen LogP contribution in [0.15, 0.2) is 41.8 Å². The molecule has 2 aliphatic heterocycles. The van der Waals surface area contributed by atoms with Crippen LogP contribution in [0.4, 0.5) is 4.39 Å². The molecule has 2 fully saturated rings. The molecule has 148 valence electrons. The van der Waals surface area contributed by atoms with Crippen molar-refractivity contribution < 1.29 is 14.0 Å². The van der Waals surface area contributed by atoms with Crippen LogP contribution in [-0.2, 0) is 16.0 Å². The third-order valence-electron chi connectivity index (χ3n) is 6.03. The second kappa shape index (κ2) is 8.03. The quantitative estimate of drug-likeness (QED) is 0.800. The van der Waals surface area contributed by atoms with Crippen LogP contribution < -0.4 is 5.32 Å². The lowest BCUT2D eigenvalue weighted by atomic mass is 9.87. The van der Waals surface area contributed by atoms with Crippen LogP contribution in [0.3, 0.4) is 0 Å². The van der Waals surface area contributed by atoms with Crippen molar-refractivity contribution in [2.45, 2.75) is 50.0 Å². The summed E-state index contributed by atoms with van der Waals surface area (Å²) >= 11 is 1.69. The first-order chi connectivity index (χ1) is 13.5. The van der Waals surface area contributed by atoms with E-state index in [0.29, 0.717) is 37.9 Å². The normalized spacial score (nSPS) is 24.5. The number of carbonyl (C=O) groups excluding carboxylic acids is 2. The third-order valence-corrected chi connectivity index (χ3v) is 6.91. The maximum atomic E-state index is 14.0. The minimum atomic E-state index is -0.317. The van der Waals surface area contributed by atoms with E-state index in [0.717, 1.165) is 19.3 Å². The number of carbonyl (C=O) groups is 2. The third kappa shape index (κ3) is 4.12. The largest absolute Gasteiger partial charge is 0.350 e. The number of amides is 2. The molecule has 3 heterocycles. The Morgan fingerprint density at radius 2 is 2.14 bits per heavy atom. The fraction of sp³-hybridized carbons (Fsp3) is 0.455. The minimum Gasteiger partial charge on any atom is -0.350 e. The molecule has 28 heavy (non-hydrogen) atoms. The van der Waals surface area contributed by atoms with Gasteiger partial charge in [0.25, 0.3) is 0 Å². The lowest BCUT2D eigenvalue weighted by molar-refractivity contribution is -0.131. The Morgan fingerprint density at radius 3 is 2.86 bits per heavy atom. The van der Waals surface area contributed by atoms with Crippen LogP contribution in [0, 0.1) is 5.82 Å². The Hall–Kier alpha value is -2.21. The van der Waals surface area contributed by atoms with E-state index in [1.807, 2.05) is 28.5 Å². The Labute approximate surface area is 168 Å². The highest BCUT2D eigenvalue weighted by Crippen LogP contribution is 2.33. The molecule has 1 N–H and O–H groups in total. The van der Waals surface area contributed by atoms with Gasteiger partial charge in [0, 0.05) is 48.7 Å². The summed E-state index contributed by atoms with van der Waals surface area (Å²) in [6.45, 7) is 1.24. The smallest absolute Gasteiger partial charge is 0.222 e. The van der Waals surface area contributed by atoms with Gasteiger partial charge in [-0.1, -0.05) is 24.3 Å². The molecule has 1 aromatic carbocycles. The Morgan fingerprint density at radius 1 is 1.29 bits per heavy atom. The molecule has 2 aliphatic rings.